The van der Waals surface area contributed by atoms with E-state index in [9.17, 15) is 14.7 Å². The molecule has 1 fully saturated rings. The molecular formula is C10H12N2O4. The lowest BCUT2D eigenvalue weighted by Gasteiger charge is -2.13. The number of H-pyrrole nitrogens is 1. The molecule has 0 aliphatic carbocycles. The molecular weight excluding hydrogens is 212 g/mol. The Morgan fingerprint density at radius 3 is 2.88 bits per heavy atom. The molecule has 2 rings (SSSR count). The maximum absolute atomic E-state index is 11.5. The summed E-state index contributed by atoms with van der Waals surface area (Å²) in [6.07, 6.45) is 0.288. The van der Waals surface area contributed by atoms with E-state index in [0.717, 1.165) is 0 Å². The summed E-state index contributed by atoms with van der Waals surface area (Å²) in [5.41, 5.74) is -0.559. The molecule has 1 aliphatic heterocycles. The Balaban J connectivity index is 2.43. The number of nitrogens with zero attached hydrogens (tertiary/aromatic N) is 1. The number of hydrogen-bond donors (Lipinski definition) is 2. The fourth-order valence-electron chi connectivity index (χ4n) is 1.59. The van der Waals surface area contributed by atoms with Gasteiger partial charge in [-0.05, 0) is 6.92 Å². The number of aromatic amines is 1. The number of aromatic nitrogens is 2. The Bertz CT molecular complexity index is 542. The Hall–Kier alpha value is -1.82. The maximum Gasteiger partial charge on any atom is 0.331 e. The standard InChI is InChI=1S/C10H12N2O4/c1-5-4-12(10(15)11-9(5)14)8-3-7(13)6(2)16-8/h4,7-8,13H,2-3H2,1H3,(H,11,14,15)/t7-,8-/m0/s1. The van der Waals surface area contributed by atoms with Gasteiger partial charge in [-0.1, -0.05) is 6.58 Å². The Morgan fingerprint density at radius 1 is 1.62 bits per heavy atom. The van der Waals surface area contributed by atoms with Gasteiger partial charge in [0.1, 0.15) is 11.9 Å². The summed E-state index contributed by atoms with van der Waals surface area (Å²) in [5, 5.41) is 9.43. The highest BCUT2D eigenvalue weighted by Gasteiger charge is 2.30. The van der Waals surface area contributed by atoms with Crippen LogP contribution in [0.15, 0.2) is 28.1 Å². The summed E-state index contributed by atoms with van der Waals surface area (Å²) in [4.78, 5) is 24.8. The van der Waals surface area contributed by atoms with Crippen molar-refractivity contribution >= 4 is 0 Å². The molecule has 6 heteroatoms. The predicted molar refractivity (Wildman–Crippen MR) is 55.9 cm³/mol. The van der Waals surface area contributed by atoms with Crippen LogP contribution in [0.1, 0.15) is 18.2 Å². The second kappa shape index (κ2) is 3.64. The van der Waals surface area contributed by atoms with Crippen molar-refractivity contribution in [1.29, 1.82) is 0 Å². The highest BCUT2D eigenvalue weighted by Crippen LogP contribution is 2.28. The Kier molecular flexibility index (Phi) is 2.43. The first-order valence-electron chi connectivity index (χ1n) is 4.84. The summed E-state index contributed by atoms with van der Waals surface area (Å²) in [6, 6.07) is 0. The summed E-state index contributed by atoms with van der Waals surface area (Å²) in [6.45, 7) is 5.11. The fraction of sp³-hybridized carbons (Fsp3) is 0.400. The minimum atomic E-state index is -0.774. The third kappa shape index (κ3) is 1.67. The third-order valence-corrected chi connectivity index (χ3v) is 2.54. The lowest BCUT2D eigenvalue weighted by molar-refractivity contribution is 0.0932. The number of hydrogen-bond acceptors (Lipinski definition) is 4. The first-order valence-corrected chi connectivity index (χ1v) is 4.84. The third-order valence-electron chi connectivity index (χ3n) is 2.54. The number of aliphatic hydroxyl groups is 1. The summed E-state index contributed by atoms with van der Waals surface area (Å²) in [7, 11) is 0. The zero-order chi connectivity index (χ0) is 11.9. The average molecular weight is 224 g/mol. The van der Waals surface area contributed by atoms with Crippen molar-refractivity contribution in [3.8, 4) is 0 Å². The maximum atomic E-state index is 11.5. The summed E-state index contributed by atoms with van der Waals surface area (Å²) < 4.78 is 6.48. The van der Waals surface area contributed by atoms with Crippen molar-refractivity contribution in [3.63, 3.8) is 0 Å². The Labute approximate surface area is 90.8 Å². The highest BCUT2D eigenvalue weighted by atomic mass is 16.5. The van der Waals surface area contributed by atoms with Crippen LogP contribution in [0.25, 0.3) is 0 Å². The lowest BCUT2D eigenvalue weighted by atomic mass is 10.2. The molecule has 1 aliphatic rings. The van der Waals surface area contributed by atoms with E-state index in [1.165, 1.54) is 10.8 Å². The molecule has 16 heavy (non-hydrogen) atoms. The van der Waals surface area contributed by atoms with E-state index in [4.69, 9.17) is 4.74 Å². The van der Waals surface area contributed by atoms with Crippen LogP contribution in [-0.2, 0) is 4.74 Å². The molecule has 2 atom stereocenters. The molecule has 0 bridgehead atoms. The van der Waals surface area contributed by atoms with Gasteiger partial charge in [-0.2, -0.15) is 0 Å². The second-order valence-corrected chi connectivity index (χ2v) is 3.77. The van der Waals surface area contributed by atoms with E-state index in [1.807, 2.05) is 0 Å². The molecule has 2 N–H and O–H groups in total. The second-order valence-electron chi connectivity index (χ2n) is 3.77. The van der Waals surface area contributed by atoms with Crippen LogP contribution in [0.5, 0.6) is 0 Å². The highest BCUT2D eigenvalue weighted by molar-refractivity contribution is 5.04. The molecule has 0 amide bonds. The van der Waals surface area contributed by atoms with Crippen LogP contribution in [0.2, 0.25) is 0 Å². The van der Waals surface area contributed by atoms with E-state index in [-0.39, 0.29) is 12.2 Å². The smallest absolute Gasteiger partial charge is 0.331 e. The van der Waals surface area contributed by atoms with Crippen molar-refractivity contribution in [2.75, 3.05) is 0 Å². The molecule has 6 nitrogen and oxygen atoms in total. The van der Waals surface area contributed by atoms with Crippen LogP contribution >= 0.6 is 0 Å². The molecule has 2 heterocycles. The van der Waals surface area contributed by atoms with Gasteiger partial charge in [0.2, 0.25) is 0 Å². The van der Waals surface area contributed by atoms with Gasteiger partial charge in [0.05, 0.1) is 0 Å². The number of ether oxygens (including phenoxy) is 1. The van der Waals surface area contributed by atoms with Crippen LogP contribution < -0.4 is 11.2 Å². The van der Waals surface area contributed by atoms with Gasteiger partial charge in [-0.15, -0.1) is 0 Å². The Morgan fingerprint density at radius 2 is 2.31 bits per heavy atom. The van der Waals surface area contributed by atoms with E-state index < -0.39 is 23.6 Å². The van der Waals surface area contributed by atoms with Crippen molar-refractivity contribution in [3.05, 3.63) is 44.9 Å². The van der Waals surface area contributed by atoms with Crippen LogP contribution in [0.3, 0.4) is 0 Å². The predicted octanol–water partition coefficient (Wildman–Crippen LogP) is -0.361. The molecule has 1 aromatic rings. The quantitative estimate of drug-likeness (QED) is 0.682. The van der Waals surface area contributed by atoms with E-state index >= 15 is 0 Å². The normalized spacial score (nSPS) is 24.5. The fourth-order valence-corrected chi connectivity index (χ4v) is 1.59. The van der Waals surface area contributed by atoms with Gasteiger partial charge < -0.3 is 9.84 Å². The van der Waals surface area contributed by atoms with Gasteiger partial charge in [0.25, 0.3) is 5.56 Å². The van der Waals surface area contributed by atoms with Gasteiger partial charge in [-0.3, -0.25) is 14.3 Å². The van der Waals surface area contributed by atoms with Crippen LogP contribution in [0.4, 0.5) is 0 Å². The van der Waals surface area contributed by atoms with Crippen molar-refractivity contribution in [2.24, 2.45) is 0 Å². The topological polar surface area (TPSA) is 84.3 Å². The van der Waals surface area contributed by atoms with Gasteiger partial charge in [0.15, 0.2) is 6.23 Å². The van der Waals surface area contributed by atoms with Crippen molar-refractivity contribution in [2.45, 2.75) is 25.7 Å². The number of aliphatic hydroxyl groups excluding tert-OH is 1. The van der Waals surface area contributed by atoms with Gasteiger partial charge in [-0.25, -0.2) is 4.79 Å². The number of aryl methyl sites for hydroxylation is 1. The molecule has 0 spiro atoms. The van der Waals surface area contributed by atoms with E-state index in [0.29, 0.717) is 5.56 Å². The molecule has 0 unspecified atom stereocenters. The monoisotopic (exact) mass is 224 g/mol. The minimum absolute atomic E-state index is 0.237. The van der Waals surface area contributed by atoms with Gasteiger partial charge >= 0.3 is 5.69 Å². The molecule has 0 radical (unpaired) electrons. The van der Waals surface area contributed by atoms with Gasteiger partial charge in [0, 0.05) is 18.2 Å². The number of nitrogens with one attached hydrogen (secondary N) is 1. The lowest BCUT2D eigenvalue weighted by Crippen LogP contribution is -2.33. The molecule has 1 aromatic heterocycles. The van der Waals surface area contributed by atoms with E-state index in [2.05, 4.69) is 11.6 Å². The number of rotatable bonds is 1. The first kappa shape index (κ1) is 10.7. The average Bonchev–Trinajstić information content (AvgIpc) is 2.53. The molecule has 86 valence electrons. The summed E-state index contributed by atoms with van der Waals surface area (Å²) >= 11 is 0. The molecule has 1 saturated heterocycles. The van der Waals surface area contributed by atoms with Crippen molar-refractivity contribution in [1.82, 2.24) is 9.55 Å². The first-order chi connectivity index (χ1) is 7.49. The molecule has 0 saturated carbocycles. The molecule has 0 aromatic carbocycles. The van der Waals surface area contributed by atoms with Crippen LogP contribution in [0, 0.1) is 6.92 Å². The zero-order valence-electron chi connectivity index (χ0n) is 8.77. The summed E-state index contributed by atoms with van der Waals surface area (Å²) in [5.74, 6) is 0.237. The van der Waals surface area contributed by atoms with E-state index in [1.54, 1.807) is 6.92 Å². The largest absolute Gasteiger partial charge is 0.472 e. The van der Waals surface area contributed by atoms with Crippen molar-refractivity contribution < 1.29 is 9.84 Å². The SMILES string of the molecule is C=C1O[C@H](n2cc(C)c(=O)[nH]c2=O)C[C@@H]1O. The minimum Gasteiger partial charge on any atom is -0.472 e. The zero-order valence-corrected chi connectivity index (χ0v) is 8.77. The van der Waals surface area contributed by atoms with Crippen LogP contribution in [-0.4, -0.2) is 20.8 Å².